The Hall–Kier alpha value is -1.92. The maximum absolute atomic E-state index is 14.8. The van der Waals surface area contributed by atoms with Gasteiger partial charge in [-0.1, -0.05) is 36.4 Å². The third-order valence-electron chi connectivity index (χ3n) is 5.87. The number of anilines is 1. The van der Waals surface area contributed by atoms with Gasteiger partial charge in [-0.3, -0.25) is 0 Å². The van der Waals surface area contributed by atoms with Crippen LogP contribution in [-0.4, -0.2) is 32.4 Å². The van der Waals surface area contributed by atoms with Crippen molar-refractivity contribution in [1.29, 1.82) is 0 Å². The van der Waals surface area contributed by atoms with Gasteiger partial charge in [0.15, 0.2) is 0 Å². The molecule has 0 bridgehead atoms. The van der Waals surface area contributed by atoms with Crippen molar-refractivity contribution in [2.45, 2.75) is 43.9 Å². The van der Waals surface area contributed by atoms with Gasteiger partial charge in [-0.05, 0) is 49.8 Å². The summed E-state index contributed by atoms with van der Waals surface area (Å²) < 4.78 is 42.5. The van der Waals surface area contributed by atoms with Crippen LogP contribution in [0.1, 0.15) is 48.5 Å². The lowest BCUT2D eigenvalue weighted by atomic mass is 10.1. The number of halogens is 1. The second-order valence-corrected chi connectivity index (χ2v) is 9.86. The molecule has 2 saturated heterocycles. The molecule has 0 spiro atoms. The summed E-state index contributed by atoms with van der Waals surface area (Å²) in [5, 5.41) is -0.543. The first-order chi connectivity index (χ1) is 13.6. The van der Waals surface area contributed by atoms with Gasteiger partial charge in [-0.2, -0.15) is 4.31 Å². The van der Waals surface area contributed by atoms with E-state index in [0.717, 1.165) is 43.6 Å². The average molecular weight is 403 g/mol. The largest absolute Gasteiger partial charge is 0.371 e. The van der Waals surface area contributed by atoms with Crippen LogP contribution in [0.4, 0.5) is 10.1 Å². The maximum Gasteiger partial charge on any atom is 0.221 e. The molecule has 0 unspecified atom stereocenters. The molecule has 150 valence electrons. The molecule has 28 heavy (non-hydrogen) atoms. The molecule has 2 aliphatic rings. The van der Waals surface area contributed by atoms with Crippen molar-refractivity contribution < 1.29 is 12.8 Å². The van der Waals surface area contributed by atoms with Crippen molar-refractivity contribution in [3.8, 4) is 0 Å². The van der Waals surface area contributed by atoms with E-state index in [4.69, 9.17) is 0 Å². The molecule has 1 atom stereocenters. The molecule has 2 heterocycles. The predicted octanol–water partition coefficient (Wildman–Crippen LogP) is 4.48. The first-order valence-electron chi connectivity index (χ1n) is 10.1. The van der Waals surface area contributed by atoms with Crippen LogP contribution in [0.25, 0.3) is 0 Å². The molecule has 2 aromatic rings. The summed E-state index contributed by atoms with van der Waals surface area (Å²) in [6.07, 6.45) is 4.89. The monoisotopic (exact) mass is 402 g/mol. The lowest BCUT2D eigenvalue weighted by Gasteiger charge is -2.33. The Balaban J connectivity index is 1.53. The zero-order valence-electron chi connectivity index (χ0n) is 16.1. The number of sulfonamides is 1. The van der Waals surface area contributed by atoms with E-state index < -0.39 is 15.3 Å². The molecule has 2 aliphatic heterocycles. The van der Waals surface area contributed by atoms with Crippen LogP contribution < -0.4 is 4.90 Å². The van der Waals surface area contributed by atoms with Gasteiger partial charge in [-0.25, -0.2) is 12.8 Å². The van der Waals surface area contributed by atoms with Gasteiger partial charge in [0.2, 0.25) is 10.0 Å². The van der Waals surface area contributed by atoms with Gasteiger partial charge in [0, 0.05) is 37.4 Å². The highest BCUT2D eigenvalue weighted by Crippen LogP contribution is 2.35. The number of benzene rings is 2. The van der Waals surface area contributed by atoms with Gasteiger partial charge in [0.05, 0.1) is 0 Å². The van der Waals surface area contributed by atoms with Crippen LogP contribution in [0.5, 0.6) is 0 Å². The molecule has 4 rings (SSSR count). The second kappa shape index (κ2) is 8.21. The summed E-state index contributed by atoms with van der Waals surface area (Å²) in [5.41, 5.74) is 2.15. The predicted molar refractivity (Wildman–Crippen MR) is 110 cm³/mol. The lowest BCUT2D eigenvalue weighted by Crippen LogP contribution is -2.39. The highest BCUT2D eigenvalue weighted by molar-refractivity contribution is 7.89. The van der Waals surface area contributed by atoms with E-state index >= 15 is 0 Å². The minimum atomic E-state index is -3.51. The Kier molecular flexibility index (Phi) is 5.69. The lowest BCUT2D eigenvalue weighted by molar-refractivity contribution is 0.355. The molecule has 4 nitrogen and oxygen atoms in total. The molecule has 0 amide bonds. The highest BCUT2D eigenvalue weighted by atomic mass is 32.2. The Morgan fingerprint density at radius 3 is 2.39 bits per heavy atom. The van der Waals surface area contributed by atoms with Crippen LogP contribution in [0.15, 0.2) is 48.5 Å². The van der Waals surface area contributed by atoms with Crippen LogP contribution in [0.3, 0.4) is 0 Å². The van der Waals surface area contributed by atoms with E-state index in [-0.39, 0.29) is 12.4 Å². The Bertz CT molecular complexity index is 911. The molecular weight excluding hydrogens is 375 g/mol. The maximum atomic E-state index is 14.8. The van der Waals surface area contributed by atoms with Crippen LogP contribution in [0, 0.1) is 5.82 Å². The first kappa shape index (κ1) is 19.4. The van der Waals surface area contributed by atoms with E-state index in [1.165, 1.54) is 10.7 Å². The van der Waals surface area contributed by atoms with Gasteiger partial charge >= 0.3 is 0 Å². The third-order valence-corrected chi connectivity index (χ3v) is 8.13. The summed E-state index contributed by atoms with van der Waals surface area (Å²) in [6.45, 7) is 2.45. The third kappa shape index (κ3) is 3.94. The van der Waals surface area contributed by atoms with E-state index in [1.54, 1.807) is 12.1 Å². The topological polar surface area (TPSA) is 40.6 Å². The standard InChI is InChI=1S/C22H27FN2O2S/c23-21-16-20(24-13-5-2-6-14-24)12-11-19(21)17-25-15-7-10-22(28(25,26)27)18-8-3-1-4-9-18/h1,3-4,8-9,11-12,16,22H,2,5-7,10,13-15,17H2/t22-/m1/s1. The summed E-state index contributed by atoms with van der Waals surface area (Å²) >= 11 is 0. The molecular formula is C22H27FN2O2S. The number of nitrogens with zero attached hydrogens (tertiary/aromatic N) is 2. The fraction of sp³-hybridized carbons (Fsp3) is 0.455. The zero-order valence-corrected chi connectivity index (χ0v) is 16.9. The number of hydrogen-bond donors (Lipinski definition) is 0. The zero-order chi connectivity index (χ0) is 19.6. The van der Waals surface area contributed by atoms with E-state index in [1.807, 2.05) is 36.4 Å². The van der Waals surface area contributed by atoms with E-state index in [9.17, 15) is 12.8 Å². The fourth-order valence-electron chi connectivity index (χ4n) is 4.29. The summed E-state index contributed by atoms with van der Waals surface area (Å²) in [6, 6.07) is 14.6. The van der Waals surface area contributed by atoms with Crippen molar-refractivity contribution >= 4 is 15.7 Å². The molecule has 6 heteroatoms. The second-order valence-electron chi connectivity index (χ2n) is 7.74. The van der Waals surface area contributed by atoms with Crippen LogP contribution in [0.2, 0.25) is 0 Å². The van der Waals surface area contributed by atoms with E-state index in [2.05, 4.69) is 4.90 Å². The molecule has 0 aromatic heterocycles. The summed E-state index contributed by atoms with van der Waals surface area (Å²) in [5.74, 6) is -0.319. The normalized spacial score (nSPS) is 22.9. The minimum Gasteiger partial charge on any atom is -0.371 e. The smallest absolute Gasteiger partial charge is 0.221 e. The van der Waals surface area contributed by atoms with Gasteiger partial charge in [0.1, 0.15) is 11.1 Å². The molecule has 0 saturated carbocycles. The highest BCUT2D eigenvalue weighted by Gasteiger charge is 2.37. The van der Waals surface area contributed by atoms with Crippen molar-refractivity contribution in [2.24, 2.45) is 0 Å². The number of hydrogen-bond acceptors (Lipinski definition) is 3. The van der Waals surface area contributed by atoms with Gasteiger partial charge in [-0.15, -0.1) is 0 Å². The van der Waals surface area contributed by atoms with Crippen molar-refractivity contribution in [1.82, 2.24) is 4.31 Å². The average Bonchev–Trinajstić information content (AvgIpc) is 2.72. The number of piperidine rings is 1. The van der Waals surface area contributed by atoms with Crippen LogP contribution in [-0.2, 0) is 16.6 Å². The van der Waals surface area contributed by atoms with Crippen molar-refractivity contribution in [3.63, 3.8) is 0 Å². The Morgan fingerprint density at radius 1 is 0.929 bits per heavy atom. The fourth-order valence-corrected chi connectivity index (χ4v) is 6.32. The molecule has 2 aromatic carbocycles. The summed E-state index contributed by atoms with van der Waals surface area (Å²) in [4.78, 5) is 2.21. The van der Waals surface area contributed by atoms with Crippen LogP contribution >= 0.6 is 0 Å². The molecule has 2 fully saturated rings. The molecule has 0 aliphatic carbocycles. The Labute approximate surface area is 167 Å². The van der Waals surface area contributed by atoms with E-state index in [0.29, 0.717) is 18.5 Å². The summed E-state index contributed by atoms with van der Waals surface area (Å²) in [7, 11) is -3.51. The van der Waals surface area contributed by atoms with Gasteiger partial charge < -0.3 is 4.90 Å². The minimum absolute atomic E-state index is 0.0950. The Morgan fingerprint density at radius 2 is 1.68 bits per heavy atom. The van der Waals surface area contributed by atoms with Gasteiger partial charge in [0.25, 0.3) is 0 Å². The number of rotatable bonds is 4. The quantitative estimate of drug-likeness (QED) is 0.757. The molecule has 0 radical (unpaired) electrons. The van der Waals surface area contributed by atoms with Crippen molar-refractivity contribution in [3.05, 3.63) is 65.5 Å². The first-order valence-corrected chi connectivity index (χ1v) is 11.6. The van der Waals surface area contributed by atoms with Crippen molar-refractivity contribution in [2.75, 3.05) is 24.5 Å². The molecule has 0 N–H and O–H groups in total. The SMILES string of the molecule is O=S1(=O)[C@@H](c2ccccc2)CCCN1Cc1ccc(N2CCCCC2)cc1F.